The summed E-state index contributed by atoms with van der Waals surface area (Å²) in [6.45, 7) is 0.861. The lowest BCUT2D eigenvalue weighted by Crippen LogP contribution is -2.49. The molecule has 0 amide bonds. The Morgan fingerprint density at radius 2 is 0.774 bits per heavy atom. The zero-order valence-electron chi connectivity index (χ0n) is 26.0. The van der Waals surface area contributed by atoms with Crippen molar-refractivity contribution in [2.75, 3.05) is 41.3 Å². The number of anilines is 3. The van der Waals surface area contributed by atoms with Gasteiger partial charge in [0.15, 0.2) is 0 Å². The molecule has 0 aromatic carbocycles. The molecular weight excluding hydrogens is 792 g/mol. The number of hydrogen-bond donors (Lipinski definition) is 1. The molecule has 3 rings (SSSR count). The van der Waals surface area contributed by atoms with E-state index in [1.165, 1.54) is 6.92 Å². The van der Waals surface area contributed by atoms with Crippen LogP contribution >= 0.6 is 0 Å². The van der Waals surface area contributed by atoms with Crippen LogP contribution < -0.4 is 29.3 Å². The third-order valence-electron chi connectivity index (χ3n) is 6.47. The van der Waals surface area contributed by atoms with Crippen LogP contribution in [-0.2, 0) is 0 Å². The van der Waals surface area contributed by atoms with Crippen LogP contribution in [0.2, 0.25) is 0 Å². The van der Waals surface area contributed by atoms with Crippen molar-refractivity contribution in [3.63, 3.8) is 0 Å². The zero-order valence-corrected chi connectivity index (χ0v) is 26.0. The number of nitrogens with one attached hydrogen (secondary N) is 1. The molecule has 0 aliphatic carbocycles. The number of nitrogens with zero attached hydrogens (tertiary/aromatic N) is 8. The van der Waals surface area contributed by atoms with E-state index in [1.54, 1.807) is 6.92 Å². The first-order valence-corrected chi connectivity index (χ1v) is 14.1. The van der Waals surface area contributed by atoms with Crippen LogP contribution in [0.25, 0.3) is 0 Å². The van der Waals surface area contributed by atoms with Crippen molar-refractivity contribution in [3.05, 3.63) is 0 Å². The summed E-state index contributed by atoms with van der Waals surface area (Å²) in [4.78, 5) is 21.4. The van der Waals surface area contributed by atoms with E-state index in [0.29, 0.717) is 6.42 Å². The molecule has 0 radical (unpaired) electrons. The first-order chi connectivity index (χ1) is 23.9. The molecule has 1 aliphatic heterocycles. The molecule has 0 spiro atoms. The van der Waals surface area contributed by atoms with Crippen molar-refractivity contribution in [1.82, 2.24) is 29.9 Å². The Hall–Kier alpha value is -4.44. The Labute approximate surface area is 282 Å². The van der Waals surface area contributed by atoms with Gasteiger partial charge >= 0.3 is 55.1 Å². The smallest absolute Gasteiger partial charge is 0.434 e. The molecule has 1 fully saturated rings. The van der Waals surface area contributed by atoms with Crippen molar-refractivity contribution >= 4 is 17.8 Å². The minimum Gasteiger partial charge on any atom is -0.440 e. The largest absolute Gasteiger partial charge is 0.440 e. The third-order valence-corrected chi connectivity index (χ3v) is 6.47. The lowest BCUT2D eigenvalue weighted by atomic mass is 10.3. The molecule has 1 atom stereocenters. The highest BCUT2D eigenvalue weighted by Crippen LogP contribution is 2.39. The number of halogens is 18. The molecule has 12 nitrogen and oxygen atoms in total. The molecule has 302 valence electrons. The van der Waals surface area contributed by atoms with Gasteiger partial charge in [-0.05, 0) is 13.3 Å². The van der Waals surface area contributed by atoms with Gasteiger partial charge in [-0.1, -0.05) is 6.92 Å². The monoisotopic (exact) mass is 813 g/mol. The molecule has 2 aromatic rings. The average molecular weight is 813 g/mol. The maximum absolute atomic E-state index is 13.2. The number of rotatable bonds is 11. The predicted molar refractivity (Wildman–Crippen MR) is 137 cm³/mol. The molecule has 0 bridgehead atoms. The van der Waals surface area contributed by atoms with Gasteiger partial charge in [0, 0.05) is 32.2 Å². The molecule has 3 heterocycles. The van der Waals surface area contributed by atoms with Crippen molar-refractivity contribution < 1.29 is 93.2 Å². The summed E-state index contributed by atoms with van der Waals surface area (Å²) in [5, 5.41) is 2.57. The molecule has 2 aromatic heterocycles. The molecule has 1 saturated heterocycles. The van der Waals surface area contributed by atoms with E-state index in [2.05, 4.69) is 49.4 Å². The second kappa shape index (κ2) is 15.1. The summed E-state index contributed by atoms with van der Waals surface area (Å²) in [7, 11) is 0. The highest BCUT2D eigenvalue weighted by Gasteiger charge is 2.62. The molecule has 30 heteroatoms. The summed E-state index contributed by atoms with van der Waals surface area (Å²) in [6, 6.07) is -6.17. The predicted octanol–water partition coefficient (Wildman–Crippen LogP) is 6.21. The number of hydrogen-bond acceptors (Lipinski definition) is 12. The zero-order chi connectivity index (χ0) is 40.5. The fraction of sp³-hybridized carbons (Fsp3) is 0.739. The van der Waals surface area contributed by atoms with E-state index in [1.807, 2.05) is 0 Å². The van der Waals surface area contributed by atoms with Crippen LogP contribution in [0.15, 0.2) is 0 Å². The maximum atomic E-state index is 13.2. The minimum absolute atomic E-state index is 0.326. The van der Waals surface area contributed by atoms with Crippen LogP contribution in [-0.4, -0.2) is 117 Å². The summed E-state index contributed by atoms with van der Waals surface area (Å²) in [5.41, 5.74) is 0. The molecule has 53 heavy (non-hydrogen) atoms. The van der Waals surface area contributed by atoms with Gasteiger partial charge in [-0.2, -0.15) is 104 Å². The summed E-state index contributed by atoms with van der Waals surface area (Å²) >= 11 is 0. The average Bonchev–Trinajstić information content (AvgIpc) is 2.98. The fourth-order valence-electron chi connectivity index (χ4n) is 3.88. The van der Waals surface area contributed by atoms with Gasteiger partial charge in [-0.25, -0.2) is 0 Å². The lowest BCUT2D eigenvalue weighted by molar-refractivity contribution is -0.303. The van der Waals surface area contributed by atoms with Gasteiger partial charge in [0.2, 0.25) is 17.8 Å². The normalized spacial score (nSPS) is 16.1. The van der Waals surface area contributed by atoms with Gasteiger partial charge in [0.05, 0.1) is 0 Å². The van der Waals surface area contributed by atoms with E-state index in [9.17, 15) is 79.0 Å². The van der Waals surface area contributed by atoms with E-state index in [-0.39, 0.29) is 0 Å². The van der Waals surface area contributed by atoms with Crippen molar-refractivity contribution in [1.29, 1.82) is 0 Å². The summed E-state index contributed by atoms with van der Waals surface area (Å²) in [5.74, 6) is -2.42. The van der Waals surface area contributed by atoms with Gasteiger partial charge in [-0.3, -0.25) is 0 Å². The van der Waals surface area contributed by atoms with Gasteiger partial charge in [0.1, 0.15) is 0 Å². The Morgan fingerprint density at radius 1 is 0.491 bits per heavy atom. The van der Waals surface area contributed by atoms with Gasteiger partial charge in [-0.15, -0.1) is 4.98 Å². The second-order valence-corrected chi connectivity index (χ2v) is 10.6. The number of alkyl halides is 18. The van der Waals surface area contributed by atoms with E-state index in [0.717, 1.165) is 9.80 Å². The van der Waals surface area contributed by atoms with Crippen LogP contribution in [0.1, 0.15) is 20.3 Å². The quantitative estimate of drug-likeness (QED) is 0.260. The van der Waals surface area contributed by atoms with Crippen molar-refractivity contribution in [3.8, 4) is 18.0 Å². The molecule has 0 saturated carbocycles. The topological polar surface area (TPSA) is 124 Å². The van der Waals surface area contributed by atoms with E-state index in [4.69, 9.17) is 0 Å². The van der Waals surface area contributed by atoms with E-state index < -0.39 is 123 Å². The first kappa shape index (κ1) is 43.0. The standard InChI is InChI=1S/C23H21F18N9O3/c1-3-8(2)42-12-43-13(45-15(44-12)51-9(18(24,25)26)19(27,28)29)49-4-6-50(7-5-49)14-46-16(52-10(20(30,31)32)21(33,34)35)48-17(47-14)53-11(22(36,37)38)23(39,40)41/h8-11H,3-7H2,1-2H3,(H,42,43,44,45). The van der Waals surface area contributed by atoms with E-state index >= 15 is 0 Å². The Kier molecular flexibility index (Phi) is 12.3. The van der Waals surface area contributed by atoms with Crippen molar-refractivity contribution in [2.24, 2.45) is 0 Å². The number of ether oxygens (including phenoxy) is 3. The van der Waals surface area contributed by atoms with Crippen LogP contribution in [0.4, 0.5) is 96.9 Å². The highest BCUT2D eigenvalue weighted by atomic mass is 19.4. The lowest BCUT2D eigenvalue weighted by Gasteiger charge is -2.35. The van der Waals surface area contributed by atoms with Crippen LogP contribution in [0.5, 0.6) is 18.0 Å². The Bertz CT molecular complexity index is 1430. The highest BCUT2D eigenvalue weighted by molar-refractivity contribution is 5.42. The first-order valence-electron chi connectivity index (χ1n) is 14.1. The molecular formula is C23H21F18N9O3. The van der Waals surface area contributed by atoms with Crippen LogP contribution in [0.3, 0.4) is 0 Å². The van der Waals surface area contributed by atoms with Gasteiger partial charge < -0.3 is 29.3 Å². The van der Waals surface area contributed by atoms with Gasteiger partial charge in [0.25, 0.3) is 18.3 Å². The van der Waals surface area contributed by atoms with Crippen LogP contribution in [0, 0.1) is 0 Å². The molecule has 1 N–H and O–H groups in total. The Balaban J connectivity index is 2.00. The SMILES string of the molecule is CCC(C)Nc1nc(OC(C(F)(F)F)C(F)(F)F)nc(N2CCN(c3nc(OC(C(F)(F)F)C(F)(F)F)nc(OC(C(F)(F)F)C(F)(F)F)n3)CC2)n1. The number of piperazine rings is 1. The molecule has 1 aliphatic rings. The maximum Gasteiger partial charge on any atom is 0.434 e. The Morgan fingerprint density at radius 3 is 1.06 bits per heavy atom. The third kappa shape index (κ3) is 11.8. The fourth-order valence-corrected chi connectivity index (χ4v) is 3.88. The molecule has 1 unspecified atom stereocenters. The second-order valence-electron chi connectivity index (χ2n) is 10.6. The summed E-state index contributed by atoms with van der Waals surface area (Å²) < 4.78 is 248. The number of aromatic nitrogens is 6. The van der Waals surface area contributed by atoms with Crippen molar-refractivity contribution in [2.45, 2.75) is 81.7 Å². The summed E-state index contributed by atoms with van der Waals surface area (Å²) in [6.07, 6.45) is -50.7. The minimum atomic E-state index is -6.27.